The number of aromatic nitrogens is 1. The van der Waals surface area contributed by atoms with E-state index in [-0.39, 0.29) is 6.61 Å². The molecule has 0 radical (unpaired) electrons. The van der Waals surface area contributed by atoms with Crippen LogP contribution in [-0.4, -0.2) is 42.2 Å². The van der Waals surface area contributed by atoms with Gasteiger partial charge in [-0.3, -0.25) is 0 Å². The van der Waals surface area contributed by atoms with Gasteiger partial charge in [-0.15, -0.1) is 0 Å². The van der Waals surface area contributed by atoms with E-state index in [1.54, 1.807) is 12.3 Å². The van der Waals surface area contributed by atoms with Crippen LogP contribution in [0.25, 0.3) is 0 Å². The number of anilines is 1. The van der Waals surface area contributed by atoms with Gasteiger partial charge < -0.3 is 15.3 Å². The number of hydrogen-bond acceptors (Lipinski definition) is 4. The second-order valence-electron chi connectivity index (χ2n) is 3.56. The lowest BCUT2D eigenvalue weighted by molar-refractivity contribution is 0.281. The monoisotopic (exact) mass is 229 g/mol. The van der Waals surface area contributed by atoms with Gasteiger partial charge in [-0.05, 0) is 25.7 Å². The molecule has 0 unspecified atom stereocenters. The molecule has 1 rings (SSSR count). The van der Waals surface area contributed by atoms with Gasteiger partial charge in [-0.1, -0.05) is 11.6 Å². The molecule has 0 spiro atoms. The molecule has 1 aromatic heterocycles. The molecule has 0 aliphatic rings. The fourth-order valence-corrected chi connectivity index (χ4v) is 1.35. The third-order valence-corrected chi connectivity index (χ3v) is 2.22. The summed E-state index contributed by atoms with van der Waals surface area (Å²) in [6.45, 7) is 1.67. The van der Waals surface area contributed by atoms with Crippen molar-refractivity contribution in [1.29, 1.82) is 0 Å². The maximum absolute atomic E-state index is 8.88. The first kappa shape index (κ1) is 12.2. The van der Waals surface area contributed by atoms with Crippen molar-refractivity contribution >= 4 is 17.4 Å². The minimum Gasteiger partial charge on any atom is -0.392 e. The lowest BCUT2D eigenvalue weighted by Gasteiger charge is -2.11. The van der Waals surface area contributed by atoms with Gasteiger partial charge in [0, 0.05) is 19.3 Å². The predicted molar refractivity (Wildman–Crippen MR) is 62.2 cm³/mol. The van der Waals surface area contributed by atoms with Gasteiger partial charge in [0.25, 0.3) is 0 Å². The van der Waals surface area contributed by atoms with E-state index in [9.17, 15) is 0 Å². The van der Waals surface area contributed by atoms with E-state index in [1.165, 1.54) is 0 Å². The van der Waals surface area contributed by atoms with Gasteiger partial charge in [0.05, 0.1) is 11.6 Å². The Bertz CT molecular complexity index is 318. The van der Waals surface area contributed by atoms with Crippen molar-refractivity contribution in [3.05, 3.63) is 22.8 Å². The largest absolute Gasteiger partial charge is 0.392 e. The Hall–Kier alpha value is -0.840. The van der Waals surface area contributed by atoms with E-state index in [2.05, 4.69) is 15.2 Å². The lowest BCUT2D eigenvalue weighted by atomic mass is 10.3. The first-order valence-electron chi connectivity index (χ1n) is 4.77. The fourth-order valence-electron chi connectivity index (χ4n) is 1.09. The van der Waals surface area contributed by atoms with Crippen molar-refractivity contribution < 1.29 is 5.11 Å². The highest BCUT2D eigenvalue weighted by Crippen LogP contribution is 2.19. The van der Waals surface area contributed by atoms with Crippen molar-refractivity contribution in [3.63, 3.8) is 0 Å². The number of rotatable bonds is 5. The first-order chi connectivity index (χ1) is 7.13. The highest BCUT2D eigenvalue weighted by Gasteiger charge is 2.02. The molecule has 0 aromatic carbocycles. The number of nitrogens with zero attached hydrogens (tertiary/aromatic N) is 2. The highest BCUT2D eigenvalue weighted by atomic mass is 35.5. The SMILES string of the molecule is CN(C)CCNc1ncc(CO)cc1Cl. The average Bonchev–Trinajstić information content (AvgIpc) is 2.20. The van der Waals surface area contributed by atoms with E-state index in [4.69, 9.17) is 16.7 Å². The summed E-state index contributed by atoms with van der Waals surface area (Å²) in [5, 5.41) is 12.5. The standard InChI is InChI=1S/C10H16ClN3O/c1-14(2)4-3-12-10-9(11)5-8(7-15)6-13-10/h5-6,15H,3-4,7H2,1-2H3,(H,12,13). The van der Waals surface area contributed by atoms with Crippen LogP contribution >= 0.6 is 11.6 Å². The van der Waals surface area contributed by atoms with Crippen molar-refractivity contribution in [3.8, 4) is 0 Å². The van der Waals surface area contributed by atoms with E-state index in [0.717, 1.165) is 18.7 Å². The number of halogens is 1. The first-order valence-corrected chi connectivity index (χ1v) is 5.15. The van der Waals surface area contributed by atoms with Crippen molar-refractivity contribution in [2.24, 2.45) is 0 Å². The van der Waals surface area contributed by atoms with Crippen LogP contribution < -0.4 is 5.32 Å². The average molecular weight is 230 g/mol. The Morgan fingerprint density at radius 2 is 2.27 bits per heavy atom. The minimum atomic E-state index is -0.0370. The van der Waals surface area contributed by atoms with E-state index >= 15 is 0 Å². The van der Waals surface area contributed by atoms with E-state index < -0.39 is 0 Å². The Labute approximate surface area is 94.9 Å². The molecular formula is C10H16ClN3O. The Kier molecular flexibility index (Phi) is 4.81. The van der Waals surface area contributed by atoms with Crippen LogP contribution in [0.3, 0.4) is 0 Å². The topological polar surface area (TPSA) is 48.4 Å². The quantitative estimate of drug-likeness (QED) is 0.797. The number of pyridine rings is 1. The lowest BCUT2D eigenvalue weighted by Crippen LogP contribution is -2.21. The molecule has 1 heterocycles. The second-order valence-corrected chi connectivity index (χ2v) is 3.97. The minimum absolute atomic E-state index is 0.0370. The number of aliphatic hydroxyl groups is 1. The normalized spacial score (nSPS) is 10.7. The maximum Gasteiger partial charge on any atom is 0.144 e. The molecule has 0 fully saturated rings. The van der Waals surface area contributed by atoms with Crippen LogP contribution in [0.2, 0.25) is 5.02 Å². The zero-order chi connectivity index (χ0) is 11.3. The molecule has 84 valence electrons. The molecular weight excluding hydrogens is 214 g/mol. The number of hydrogen-bond donors (Lipinski definition) is 2. The van der Waals surface area contributed by atoms with Crippen LogP contribution in [-0.2, 0) is 6.61 Å². The number of likely N-dealkylation sites (N-methyl/N-ethyl adjacent to an activating group) is 1. The van der Waals surface area contributed by atoms with Gasteiger partial charge in [-0.25, -0.2) is 4.98 Å². The molecule has 0 saturated heterocycles. The Morgan fingerprint density at radius 3 is 2.80 bits per heavy atom. The van der Waals surface area contributed by atoms with Crippen LogP contribution in [0.15, 0.2) is 12.3 Å². The smallest absolute Gasteiger partial charge is 0.144 e. The van der Waals surface area contributed by atoms with Crippen LogP contribution in [0.5, 0.6) is 0 Å². The molecule has 0 amide bonds. The number of nitrogens with one attached hydrogen (secondary N) is 1. The maximum atomic E-state index is 8.88. The third kappa shape index (κ3) is 4.03. The zero-order valence-corrected chi connectivity index (χ0v) is 9.75. The summed E-state index contributed by atoms with van der Waals surface area (Å²) in [5.74, 6) is 0.663. The molecule has 1 aromatic rings. The molecule has 4 nitrogen and oxygen atoms in total. The summed E-state index contributed by atoms with van der Waals surface area (Å²) in [6, 6.07) is 1.71. The van der Waals surface area contributed by atoms with Gasteiger partial charge >= 0.3 is 0 Å². The predicted octanol–water partition coefficient (Wildman–Crippen LogP) is 1.20. The summed E-state index contributed by atoms with van der Waals surface area (Å²) in [5.41, 5.74) is 0.721. The fraction of sp³-hybridized carbons (Fsp3) is 0.500. The van der Waals surface area contributed by atoms with Gasteiger partial charge in [0.2, 0.25) is 0 Å². The van der Waals surface area contributed by atoms with Gasteiger partial charge in [-0.2, -0.15) is 0 Å². The van der Waals surface area contributed by atoms with E-state index in [1.807, 2.05) is 14.1 Å². The summed E-state index contributed by atoms with van der Waals surface area (Å²) in [6.07, 6.45) is 1.61. The summed E-state index contributed by atoms with van der Waals surface area (Å²) in [7, 11) is 4.01. The van der Waals surface area contributed by atoms with Gasteiger partial charge in [0.1, 0.15) is 5.82 Å². The van der Waals surface area contributed by atoms with Crippen LogP contribution in [0.1, 0.15) is 5.56 Å². The van der Waals surface area contributed by atoms with Crippen molar-refractivity contribution in [1.82, 2.24) is 9.88 Å². The molecule has 5 heteroatoms. The molecule has 0 aliphatic heterocycles. The Balaban J connectivity index is 2.54. The summed E-state index contributed by atoms with van der Waals surface area (Å²) in [4.78, 5) is 6.20. The van der Waals surface area contributed by atoms with Crippen LogP contribution in [0, 0.1) is 0 Å². The Morgan fingerprint density at radius 1 is 1.53 bits per heavy atom. The number of aliphatic hydroxyl groups excluding tert-OH is 1. The molecule has 0 atom stereocenters. The van der Waals surface area contributed by atoms with Crippen molar-refractivity contribution in [2.45, 2.75) is 6.61 Å². The third-order valence-electron chi connectivity index (χ3n) is 1.93. The zero-order valence-electron chi connectivity index (χ0n) is 9.00. The highest BCUT2D eigenvalue weighted by molar-refractivity contribution is 6.32. The van der Waals surface area contributed by atoms with Gasteiger partial charge in [0.15, 0.2) is 0 Å². The molecule has 2 N–H and O–H groups in total. The molecule has 0 bridgehead atoms. The summed E-state index contributed by atoms with van der Waals surface area (Å²) >= 11 is 5.97. The molecule has 0 aliphatic carbocycles. The molecule has 15 heavy (non-hydrogen) atoms. The van der Waals surface area contributed by atoms with Crippen molar-refractivity contribution in [2.75, 3.05) is 32.5 Å². The molecule has 0 saturated carbocycles. The van der Waals surface area contributed by atoms with E-state index in [0.29, 0.717) is 10.8 Å². The summed E-state index contributed by atoms with van der Waals surface area (Å²) < 4.78 is 0. The van der Waals surface area contributed by atoms with Crippen LogP contribution in [0.4, 0.5) is 5.82 Å². The second kappa shape index (κ2) is 5.90.